The second-order valence-corrected chi connectivity index (χ2v) is 6.38. The van der Waals surface area contributed by atoms with Crippen molar-refractivity contribution in [2.24, 2.45) is 4.99 Å². The highest BCUT2D eigenvalue weighted by Crippen LogP contribution is 2.10. The topological polar surface area (TPSA) is 65.5 Å². The molecule has 0 aliphatic heterocycles. The number of aryl methyl sites for hydroxylation is 1. The summed E-state index contributed by atoms with van der Waals surface area (Å²) in [5.41, 5.74) is 3.23. The molecule has 1 atom stereocenters. The average molecular weight is 352 g/mol. The van der Waals surface area contributed by atoms with Crippen LogP contribution in [0.3, 0.4) is 0 Å². The molecule has 0 spiro atoms. The zero-order valence-corrected chi connectivity index (χ0v) is 15.8. The minimum Gasteiger partial charge on any atom is -0.354 e. The third-order valence-corrected chi connectivity index (χ3v) is 4.02. The lowest BCUT2D eigenvalue weighted by Crippen LogP contribution is -2.42. The molecule has 5 heteroatoms. The molecule has 2 aromatic rings. The molecule has 138 valence electrons. The van der Waals surface area contributed by atoms with E-state index in [2.05, 4.69) is 52.1 Å². The van der Waals surface area contributed by atoms with Crippen molar-refractivity contribution in [3.63, 3.8) is 0 Å². The molecule has 3 N–H and O–H groups in total. The average Bonchev–Trinajstić information content (AvgIpc) is 2.64. The molecule has 5 nitrogen and oxygen atoms in total. The Labute approximate surface area is 155 Å². The Balaban J connectivity index is 1.81. The highest BCUT2D eigenvalue weighted by Gasteiger charge is 2.06. The first-order valence-electron chi connectivity index (χ1n) is 8.94. The standard InChI is InChI=1S/C21H28N4O/c1-16(12-13-18-8-5-4-6-9-18)24-21(22-3)23-15-19-10-7-11-20(14-19)25-17(2)26/h4-11,14,16H,12-13,15H2,1-3H3,(H,25,26)(H2,22,23,24). The molecule has 1 amide bonds. The quantitative estimate of drug-likeness (QED) is 0.529. The number of carbonyl (C=O) groups is 1. The summed E-state index contributed by atoms with van der Waals surface area (Å²) in [5.74, 6) is 0.704. The summed E-state index contributed by atoms with van der Waals surface area (Å²) in [6, 6.07) is 18.6. The van der Waals surface area contributed by atoms with Crippen molar-refractivity contribution >= 4 is 17.6 Å². The van der Waals surface area contributed by atoms with E-state index < -0.39 is 0 Å². The Bertz CT molecular complexity index is 728. The van der Waals surface area contributed by atoms with Gasteiger partial charge in [-0.1, -0.05) is 42.5 Å². The first kappa shape index (κ1) is 19.5. The first-order valence-corrected chi connectivity index (χ1v) is 8.94. The van der Waals surface area contributed by atoms with E-state index in [1.54, 1.807) is 7.05 Å². The predicted octanol–water partition coefficient (Wildman–Crippen LogP) is 3.33. The molecule has 0 heterocycles. The van der Waals surface area contributed by atoms with Gasteiger partial charge in [-0.05, 0) is 43.0 Å². The zero-order chi connectivity index (χ0) is 18.8. The summed E-state index contributed by atoms with van der Waals surface area (Å²) in [6.07, 6.45) is 2.06. The highest BCUT2D eigenvalue weighted by atomic mass is 16.1. The summed E-state index contributed by atoms with van der Waals surface area (Å²) >= 11 is 0. The minimum atomic E-state index is -0.0696. The maximum atomic E-state index is 11.2. The van der Waals surface area contributed by atoms with Crippen molar-refractivity contribution < 1.29 is 4.79 Å². The van der Waals surface area contributed by atoms with E-state index in [4.69, 9.17) is 0 Å². The SMILES string of the molecule is CN=C(NCc1cccc(NC(C)=O)c1)NC(C)CCc1ccccc1. The predicted molar refractivity (Wildman–Crippen MR) is 108 cm³/mol. The third-order valence-electron chi connectivity index (χ3n) is 4.02. The van der Waals surface area contributed by atoms with Crippen molar-refractivity contribution in [1.29, 1.82) is 0 Å². The maximum absolute atomic E-state index is 11.2. The van der Waals surface area contributed by atoms with Crippen molar-refractivity contribution in [3.8, 4) is 0 Å². The molecule has 1 unspecified atom stereocenters. The second-order valence-electron chi connectivity index (χ2n) is 6.38. The van der Waals surface area contributed by atoms with E-state index in [1.807, 2.05) is 30.3 Å². The molecule has 0 aliphatic rings. The summed E-state index contributed by atoms with van der Waals surface area (Å²) in [5, 5.41) is 9.54. The molecule has 2 aromatic carbocycles. The van der Waals surface area contributed by atoms with Crippen LogP contribution in [0.25, 0.3) is 0 Å². The number of carbonyl (C=O) groups excluding carboxylic acids is 1. The molecule has 0 saturated carbocycles. The van der Waals surface area contributed by atoms with Crippen molar-refractivity contribution in [2.45, 2.75) is 39.3 Å². The number of hydrogen-bond acceptors (Lipinski definition) is 2. The second kappa shape index (κ2) is 10.2. The lowest BCUT2D eigenvalue weighted by Gasteiger charge is -2.18. The van der Waals surface area contributed by atoms with Gasteiger partial charge < -0.3 is 16.0 Å². The van der Waals surface area contributed by atoms with Crippen LogP contribution in [0.15, 0.2) is 59.6 Å². The Morgan fingerprint density at radius 2 is 1.81 bits per heavy atom. The molecule has 0 aromatic heterocycles. The molecule has 0 aliphatic carbocycles. The Morgan fingerprint density at radius 1 is 1.08 bits per heavy atom. The van der Waals surface area contributed by atoms with Crippen LogP contribution in [0.1, 0.15) is 31.4 Å². The van der Waals surface area contributed by atoms with Crippen LogP contribution < -0.4 is 16.0 Å². The molecule has 0 bridgehead atoms. The number of benzene rings is 2. The van der Waals surface area contributed by atoms with Gasteiger partial charge >= 0.3 is 0 Å². The van der Waals surface area contributed by atoms with Gasteiger partial charge in [0.25, 0.3) is 0 Å². The molecular weight excluding hydrogens is 324 g/mol. The normalized spacial score (nSPS) is 12.3. The smallest absolute Gasteiger partial charge is 0.221 e. The van der Waals surface area contributed by atoms with Gasteiger partial charge in [0.15, 0.2) is 5.96 Å². The Morgan fingerprint density at radius 3 is 2.50 bits per heavy atom. The third kappa shape index (κ3) is 6.97. The summed E-state index contributed by atoms with van der Waals surface area (Å²) in [7, 11) is 1.77. The monoisotopic (exact) mass is 352 g/mol. The fourth-order valence-corrected chi connectivity index (χ4v) is 2.68. The van der Waals surface area contributed by atoms with Crippen LogP contribution in [0.2, 0.25) is 0 Å². The molecule has 2 rings (SSSR count). The van der Waals surface area contributed by atoms with Crippen molar-refractivity contribution in [3.05, 3.63) is 65.7 Å². The van der Waals surface area contributed by atoms with Gasteiger partial charge in [-0.3, -0.25) is 9.79 Å². The van der Waals surface area contributed by atoms with Crippen LogP contribution in [-0.4, -0.2) is 25.0 Å². The van der Waals surface area contributed by atoms with Gasteiger partial charge in [0.1, 0.15) is 0 Å². The maximum Gasteiger partial charge on any atom is 0.221 e. The molecule has 0 radical (unpaired) electrons. The Kier molecular flexibility index (Phi) is 7.68. The molecule has 0 fully saturated rings. The lowest BCUT2D eigenvalue weighted by molar-refractivity contribution is -0.114. The fraction of sp³-hybridized carbons (Fsp3) is 0.333. The fourth-order valence-electron chi connectivity index (χ4n) is 2.68. The number of amides is 1. The first-order chi connectivity index (χ1) is 12.6. The number of nitrogens with zero attached hydrogens (tertiary/aromatic N) is 1. The van der Waals surface area contributed by atoms with Crippen molar-refractivity contribution in [2.75, 3.05) is 12.4 Å². The van der Waals surface area contributed by atoms with Crippen LogP contribution in [0.5, 0.6) is 0 Å². The van der Waals surface area contributed by atoms with Crippen LogP contribution in [-0.2, 0) is 17.8 Å². The van der Waals surface area contributed by atoms with Crippen LogP contribution >= 0.6 is 0 Å². The van der Waals surface area contributed by atoms with Gasteiger partial charge in [-0.2, -0.15) is 0 Å². The largest absolute Gasteiger partial charge is 0.354 e. The van der Waals surface area contributed by atoms with Gasteiger partial charge in [-0.15, -0.1) is 0 Å². The van der Waals surface area contributed by atoms with E-state index >= 15 is 0 Å². The van der Waals surface area contributed by atoms with Crippen molar-refractivity contribution in [1.82, 2.24) is 10.6 Å². The number of hydrogen-bond donors (Lipinski definition) is 3. The van der Waals surface area contributed by atoms with Gasteiger partial charge in [0, 0.05) is 32.2 Å². The van der Waals surface area contributed by atoms with E-state index in [0.29, 0.717) is 12.6 Å². The van der Waals surface area contributed by atoms with Gasteiger partial charge in [-0.25, -0.2) is 0 Å². The van der Waals surface area contributed by atoms with E-state index in [1.165, 1.54) is 12.5 Å². The molecule has 26 heavy (non-hydrogen) atoms. The van der Waals surface area contributed by atoms with E-state index in [9.17, 15) is 4.79 Å². The number of guanidine groups is 1. The highest BCUT2D eigenvalue weighted by molar-refractivity contribution is 5.88. The summed E-state index contributed by atoms with van der Waals surface area (Å²) in [4.78, 5) is 15.5. The molecular formula is C21H28N4O. The number of aliphatic imine (C=N–C) groups is 1. The number of rotatable bonds is 7. The summed E-state index contributed by atoms with van der Waals surface area (Å²) < 4.78 is 0. The van der Waals surface area contributed by atoms with Crippen LogP contribution in [0, 0.1) is 0 Å². The van der Waals surface area contributed by atoms with Gasteiger partial charge in [0.05, 0.1) is 0 Å². The lowest BCUT2D eigenvalue weighted by atomic mass is 10.1. The zero-order valence-electron chi connectivity index (χ0n) is 15.8. The summed E-state index contributed by atoms with van der Waals surface area (Å²) in [6.45, 7) is 4.30. The number of anilines is 1. The van der Waals surface area contributed by atoms with E-state index in [0.717, 1.165) is 30.1 Å². The minimum absolute atomic E-state index is 0.0696. The van der Waals surface area contributed by atoms with Gasteiger partial charge in [0.2, 0.25) is 5.91 Å². The number of nitrogens with one attached hydrogen (secondary N) is 3. The Hall–Kier alpha value is -2.82. The molecule has 0 saturated heterocycles. The van der Waals surface area contributed by atoms with Crippen LogP contribution in [0.4, 0.5) is 5.69 Å². The van der Waals surface area contributed by atoms with E-state index in [-0.39, 0.29) is 5.91 Å².